The largest absolute Gasteiger partial charge is 0.253 e. The van der Waals surface area contributed by atoms with Crippen LogP contribution in [0.5, 0.6) is 0 Å². The van der Waals surface area contributed by atoms with E-state index >= 15 is 0 Å². The van der Waals surface area contributed by atoms with Crippen molar-refractivity contribution in [2.45, 2.75) is 13.8 Å². The van der Waals surface area contributed by atoms with Crippen molar-refractivity contribution < 1.29 is 0 Å². The molecule has 22 heavy (non-hydrogen) atoms. The van der Waals surface area contributed by atoms with E-state index < -0.39 is 0 Å². The fourth-order valence-corrected chi connectivity index (χ4v) is 3.17. The maximum atomic E-state index is 4.61. The third kappa shape index (κ3) is 2.17. The molecular formula is C16H13N5S. The van der Waals surface area contributed by atoms with E-state index in [9.17, 15) is 0 Å². The van der Waals surface area contributed by atoms with Crippen LogP contribution >= 0.6 is 11.3 Å². The van der Waals surface area contributed by atoms with Crippen LogP contribution in [0, 0.1) is 13.8 Å². The van der Waals surface area contributed by atoms with Gasteiger partial charge in [0, 0.05) is 21.2 Å². The molecule has 0 aliphatic heterocycles. The first-order valence-electron chi connectivity index (χ1n) is 6.93. The number of aromatic nitrogens is 5. The maximum Gasteiger partial charge on any atom is 0.202 e. The van der Waals surface area contributed by atoms with Crippen molar-refractivity contribution in [3.63, 3.8) is 0 Å². The Morgan fingerprint density at radius 2 is 2.00 bits per heavy atom. The fraction of sp³-hybridized carbons (Fsp3) is 0.125. The smallest absolute Gasteiger partial charge is 0.202 e. The number of aryl methyl sites for hydroxylation is 2. The van der Waals surface area contributed by atoms with E-state index in [-0.39, 0.29) is 0 Å². The average Bonchev–Trinajstić information content (AvgIpc) is 3.18. The minimum Gasteiger partial charge on any atom is -0.253 e. The first-order valence-corrected chi connectivity index (χ1v) is 7.75. The van der Waals surface area contributed by atoms with Gasteiger partial charge in [0.15, 0.2) is 5.65 Å². The molecule has 4 aromatic heterocycles. The van der Waals surface area contributed by atoms with Gasteiger partial charge in [-0.25, -0.2) is 4.98 Å². The van der Waals surface area contributed by atoms with Gasteiger partial charge in [-0.15, -0.1) is 21.1 Å². The fourth-order valence-electron chi connectivity index (χ4n) is 2.35. The first-order chi connectivity index (χ1) is 10.7. The quantitative estimate of drug-likeness (QED) is 0.571. The molecular weight excluding hydrogens is 294 g/mol. The van der Waals surface area contributed by atoms with Gasteiger partial charge in [0.25, 0.3) is 0 Å². The van der Waals surface area contributed by atoms with Gasteiger partial charge in [0.1, 0.15) is 5.69 Å². The lowest BCUT2D eigenvalue weighted by atomic mass is 10.3. The molecule has 0 spiro atoms. The van der Waals surface area contributed by atoms with Crippen molar-refractivity contribution >= 4 is 23.1 Å². The molecule has 0 N–H and O–H groups in total. The Bertz CT molecular complexity index is 1000. The second-order valence-electron chi connectivity index (χ2n) is 5.06. The van der Waals surface area contributed by atoms with Gasteiger partial charge >= 0.3 is 0 Å². The first kappa shape index (κ1) is 13.1. The van der Waals surface area contributed by atoms with Crippen LogP contribution in [0.4, 0.5) is 0 Å². The minimum atomic E-state index is 0.597. The molecule has 0 saturated carbocycles. The van der Waals surface area contributed by atoms with Crippen LogP contribution < -0.4 is 5.22 Å². The van der Waals surface area contributed by atoms with Crippen LogP contribution in [-0.2, 0) is 0 Å². The van der Waals surface area contributed by atoms with E-state index in [0.29, 0.717) is 5.82 Å². The Kier molecular flexibility index (Phi) is 2.97. The Morgan fingerprint density at radius 3 is 2.73 bits per heavy atom. The zero-order valence-electron chi connectivity index (χ0n) is 12.2. The van der Waals surface area contributed by atoms with Gasteiger partial charge in [-0.1, -0.05) is 6.07 Å². The molecule has 5 nitrogen and oxygen atoms in total. The predicted octanol–water partition coefficient (Wildman–Crippen LogP) is 2.41. The highest BCUT2D eigenvalue weighted by molar-refractivity contribution is 7.12. The number of hydrogen-bond donors (Lipinski definition) is 0. The van der Waals surface area contributed by atoms with E-state index in [4.69, 9.17) is 0 Å². The number of rotatable bonds is 2. The summed E-state index contributed by atoms with van der Waals surface area (Å²) in [6.07, 6.45) is 3.85. The normalized spacial score (nSPS) is 12.4. The zero-order chi connectivity index (χ0) is 15.1. The molecule has 0 atom stereocenters. The molecule has 4 heterocycles. The van der Waals surface area contributed by atoms with E-state index in [1.807, 2.05) is 25.1 Å². The second kappa shape index (κ2) is 4.99. The summed E-state index contributed by atoms with van der Waals surface area (Å²) >= 11 is 1.75. The minimum absolute atomic E-state index is 0.597. The highest BCUT2D eigenvalue weighted by atomic mass is 32.1. The summed E-state index contributed by atoms with van der Waals surface area (Å²) in [5.74, 6) is 0.597. The molecule has 0 radical (unpaired) electrons. The molecule has 0 aliphatic rings. The third-order valence-corrected chi connectivity index (χ3v) is 4.36. The van der Waals surface area contributed by atoms with Gasteiger partial charge in [0.2, 0.25) is 5.82 Å². The monoisotopic (exact) mass is 307 g/mol. The standard InChI is InChI=1S/C16H13N5S/c1-10-6-7-12(22-10)9-13-11(2)19-21-16(13)18-15(20-21)14-5-3-4-8-17-14/h3-9H,1-2H3. The van der Waals surface area contributed by atoms with Gasteiger partial charge in [-0.3, -0.25) is 4.98 Å². The Balaban J connectivity index is 1.90. The lowest BCUT2D eigenvalue weighted by molar-refractivity contribution is 0.809. The van der Waals surface area contributed by atoms with E-state index in [1.54, 1.807) is 22.2 Å². The van der Waals surface area contributed by atoms with E-state index in [1.165, 1.54) is 9.75 Å². The molecule has 0 aliphatic carbocycles. The highest BCUT2D eigenvalue weighted by Crippen LogP contribution is 2.16. The molecule has 0 bridgehead atoms. The van der Waals surface area contributed by atoms with Crippen molar-refractivity contribution in [1.82, 2.24) is 24.8 Å². The Hall–Kier alpha value is -2.60. The van der Waals surface area contributed by atoms with Crippen molar-refractivity contribution in [3.05, 3.63) is 57.2 Å². The molecule has 4 rings (SSSR count). The molecule has 0 aromatic carbocycles. The number of fused-ring (bicyclic) bond motifs is 1. The summed E-state index contributed by atoms with van der Waals surface area (Å²) in [4.78, 5) is 11.4. The van der Waals surface area contributed by atoms with Crippen LogP contribution in [0.15, 0.2) is 36.5 Å². The van der Waals surface area contributed by atoms with Crippen molar-refractivity contribution in [3.8, 4) is 11.5 Å². The number of nitrogens with zero attached hydrogens (tertiary/aromatic N) is 5. The molecule has 108 valence electrons. The molecule has 0 fully saturated rings. The molecule has 0 unspecified atom stereocenters. The van der Waals surface area contributed by atoms with Crippen LogP contribution in [0.25, 0.3) is 23.2 Å². The van der Waals surface area contributed by atoms with Crippen LogP contribution in [0.3, 0.4) is 0 Å². The van der Waals surface area contributed by atoms with Crippen molar-refractivity contribution in [1.29, 1.82) is 0 Å². The summed E-state index contributed by atoms with van der Waals surface area (Å²) < 4.78 is 1.59. The highest BCUT2D eigenvalue weighted by Gasteiger charge is 2.12. The summed E-state index contributed by atoms with van der Waals surface area (Å²) in [6.45, 7) is 4.08. The van der Waals surface area contributed by atoms with Gasteiger partial charge in [-0.05, 0) is 44.2 Å². The van der Waals surface area contributed by atoms with Crippen LogP contribution in [0.1, 0.15) is 15.4 Å². The second-order valence-corrected chi connectivity index (χ2v) is 6.37. The SMILES string of the molecule is Cc1ccc(C=c2c(C)nn3nc(-c4ccccn4)nc23)s1. The summed E-state index contributed by atoms with van der Waals surface area (Å²) in [6, 6.07) is 9.92. The van der Waals surface area contributed by atoms with Crippen LogP contribution in [-0.4, -0.2) is 24.8 Å². The van der Waals surface area contributed by atoms with Crippen LogP contribution in [0.2, 0.25) is 0 Å². The lowest BCUT2D eigenvalue weighted by Crippen LogP contribution is -2.03. The summed E-state index contributed by atoms with van der Waals surface area (Å²) in [7, 11) is 0. The topological polar surface area (TPSA) is 56.0 Å². The number of hydrogen-bond acceptors (Lipinski definition) is 5. The molecule has 6 heteroatoms. The predicted molar refractivity (Wildman–Crippen MR) is 86.6 cm³/mol. The molecule has 4 aromatic rings. The van der Waals surface area contributed by atoms with Gasteiger partial charge < -0.3 is 0 Å². The summed E-state index contributed by atoms with van der Waals surface area (Å²) in [5.41, 5.74) is 2.45. The molecule has 0 saturated heterocycles. The third-order valence-electron chi connectivity index (χ3n) is 3.41. The lowest BCUT2D eigenvalue weighted by Gasteiger charge is -1.90. The van der Waals surface area contributed by atoms with E-state index in [0.717, 1.165) is 22.3 Å². The molecule has 0 amide bonds. The Labute approximate surface area is 131 Å². The van der Waals surface area contributed by atoms with Gasteiger partial charge in [-0.2, -0.15) is 5.10 Å². The van der Waals surface area contributed by atoms with Crippen molar-refractivity contribution in [2.24, 2.45) is 0 Å². The van der Waals surface area contributed by atoms with Gasteiger partial charge in [0.05, 0.1) is 5.69 Å². The number of thiophene rings is 1. The average molecular weight is 307 g/mol. The number of pyridine rings is 1. The van der Waals surface area contributed by atoms with E-state index in [2.05, 4.69) is 45.3 Å². The van der Waals surface area contributed by atoms with Crippen molar-refractivity contribution in [2.75, 3.05) is 0 Å². The summed E-state index contributed by atoms with van der Waals surface area (Å²) in [5, 5.41) is 9.89. The Morgan fingerprint density at radius 1 is 1.09 bits per heavy atom. The maximum absolute atomic E-state index is 4.61. The zero-order valence-corrected chi connectivity index (χ0v) is 13.0.